The van der Waals surface area contributed by atoms with Crippen LogP contribution in [-0.2, 0) is 16.6 Å². The highest BCUT2D eigenvalue weighted by Crippen LogP contribution is 2.46. The maximum absolute atomic E-state index is 13.3. The lowest BCUT2D eigenvalue weighted by atomic mass is 9.62. The summed E-state index contributed by atoms with van der Waals surface area (Å²) in [5, 5.41) is 0. The summed E-state index contributed by atoms with van der Waals surface area (Å²) in [7, 11) is 1.83. The minimum Gasteiger partial charge on any atom is -0.340 e. The minimum atomic E-state index is -0.683. The molecule has 1 amide bonds. The third-order valence-corrected chi connectivity index (χ3v) is 6.93. The average Bonchev–Trinajstić information content (AvgIpc) is 3.16. The van der Waals surface area contributed by atoms with Crippen LogP contribution in [0, 0.1) is 31.1 Å². The molecular formula is C26H29N3O3. The first-order valence-electron chi connectivity index (χ1n) is 11.1. The molecule has 0 bridgehead atoms. The number of imidazole rings is 1. The first kappa shape index (κ1) is 22.0. The highest BCUT2D eigenvalue weighted by atomic mass is 16.2. The van der Waals surface area contributed by atoms with Crippen molar-refractivity contribution in [1.29, 1.82) is 0 Å². The number of benzene rings is 1. The van der Waals surface area contributed by atoms with E-state index in [0.29, 0.717) is 44.5 Å². The molecule has 6 heteroatoms. The zero-order chi connectivity index (χ0) is 23.0. The monoisotopic (exact) mass is 431 g/mol. The van der Waals surface area contributed by atoms with Gasteiger partial charge in [-0.2, -0.15) is 0 Å². The molecule has 2 aromatic rings. The Bertz CT molecular complexity index is 1110. The van der Waals surface area contributed by atoms with Gasteiger partial charge in [-0.3, -0.25) is 14.4 Å². The van der Waals surface area contributed by atoms with Crippen molar-refractivity contribution >= 4 is 17.5 Å². The van der Waals surface area contributed by atoms with Crippen LogP contribution in [0.2, 0.25) is 0 Å². The van der Waals surface area contributed by atoms with Gasteiger partial charge >= 0.3 is 0 Å². The van der Waals surface area contributed by atoms with Gasteiger partial charge in [0.15, 0.2) is 0 Å². The number of carbonyl (C=O) groups is 3. The van der Waals surface area contributed by atoms with Crippen molar-refractivity contribution in [2.75, 3.05) is 13.1 Å². The van der Waals surface area contributed by atoms with Gasteiger partial charge in [0.25, 0.3) is 5.91 Å². The Hall–Kier alpha value is -3.20. The summed E-state index contributed by atoms with van der Waals surface area (Å²) in [6.45, 7) is 6.79. The first-order chi connectivity index (χ1) is 15.2. The van der Waals surface area contributed by atoms with Crippen LogP contribution in [0.25, 0.3) is 0 Å². The van der Waals surface area contributed by atoms with Crippen LogP contribution in [0.3, 0.4) is 0 Å². The van der Waals surface area contributed by atoms with E-state index in [2.05, 4.69) is 16.8 Å². The fourth-order valence-electron chi connectivity index (χ4n) is 5.38. The summed E-state index contributed by atoms with van der Waals surface area (Å²) in [6.07, 6.45) is 5.45. The summed E-state index contributed by atoms with van der Waals surface area (Å²) in [6, 6.07) is 3.93. The smallest absolute Gasteiger partial charge is 0.274 e. The van der Waals surface area contributed by atoms with E-state index >= 15 is 0 Å². The van der Waals surface area contributed by atoms with Gasteiger partial charge in [-0.15, -0.1) is 5.92 Å². The number of nitrogens with zero attached hydrogens (tertiary/aromatic N) is 3. The van der Waals surface area contributed by atoms with Crippen molar-refractivity contribution in [2.24, 2.45) is 12.5 Å². The van der Waals surface area contributed by atoms with Gasteiger partial charge < -0.3 is 9.47 Å². The standard InChI is InChI=1S/C26H29N3O3/c1-5-6-19-11-17(2)23(18(3)12-19)24-21(30)13-26(14-22(24)31)7-9-29(10-8-26)25(32)20-15-28(4)16-27-20/h11-12,15-16,24H,7-10,13-14H2,1-4H3. The molecule has 1 aliphatic carbocycles. The lowest BCUT2D eigenvalue weighted by molar-refractivity contribution is -0.138. The van der Waals surface area contributed by atoms with E-state index in [4.69, 9.17) is 0 Å². The van der Waals surface area contributed by atoms with Crippen LogP contribution in [0.5, 0.6) is 0 Å². The minimum absolute atomic E-state index is 0.00581. The summed E-state index contributed by atoms with van der Waals surface area (Å²) in [5.41, 5.74) is 3.74. The number of piperidine rings is 1. The van der Waals surface area contributed by atoms with E-state index in [1.165, 1.54) is 0 Å². The molecule has 1 aliphatic heterocycles. The molecule has 1 saturated carbocycles. The molecule has 2 heterocycles. The Morgan fingerprint density at radius 1 is 1.09 bits per heavy atom. The van der Waals surface area contributed by atoms with Gasteiger partial charge in [0.2, 0.25) is 0 Å². The second-order valence-corrected chi connectivity index (χ2v) is 9.33. The van der Waals surface area contributed by atoms with Gasteiger partial charge in [-0.05, 0) is 67.9 Å². The predicted molar refractivity (Wildman–Crippen MR) is 121 cm³/mol. The molecule has 166 valence electrons. The van der Waals surface area contributed by atoms with Crippen LogP contribution >= 0.6 is 0 Å². The van der Waals surface area contributed by atoms with Gasteiger partial charge in [0, 0.05) is 44.7 Å². The molecule has 6 nitrogen and oxygen atoms in total. The average molecular weight is 432 g/mol. The fourth-order valence-corrected chi connectivity index (χ4v) is 5.38. The molecule has 0 unspecified atom stereocenters. The number of aromatic nitrogens is 2. The zero-order valence-corrected chi connectivity index (χ0v) is 19.2. The lowest BCUT2D eigenvalue weighted by Crippen LogP contribution is -2.48. The SMILES string of the molecule is CC#Cc1cc(C)c(C2C(=O)CC3(CCN(C(=O)c4cn(C)cn4)CC3)CC2=O)c(C)c1. The van der Waals surface area contributed by atoms with Crippen LogP contribution in [0.4, 0.5) is 0 Å². The van der Waals surface area contributed by atoms with Crippen molar-refractivity contribution < 1.29 is 14.4 Å². The molecule has 0 radical (unpaired) electrons. The topological polar surface area (TPSA) is 72.3 Å². The van der Waals surface area contributed by atoms with Crippen molar-refractivity contribution in [1.82, 2.24) is 14.5 Å². The molecule has 1 aromatic carbocycles. The molecule has 2 aliphatic rings. The molecule has 32 heavy (non-hydrogen) atoms. The largest absolute Gasteiger partial charge is 0.340 e. The Morgan fingerprint density at radius 3 is 2.19 bits per heavy atom. The highest BCUT2D eigenvalue weighted by molar-refractivity contribution is 6.10. The number of rotatable bonds is 2. The Balaban J connectivity index is 1.49. The van der Waals surface area contributed by atoms with Gasteiger partial charge in [-0.1, -0.05) is 5.92 Å². The maximum atomic E-state index is 13.3. The second-order valence-electron chi connectivity index (χ2n) is 9.33. The van der Waals surface area contributed by atoms with Gasteiger partial charge in [0.1, 0.15) is 23.2 Å². The lowest BCUT2D eigenvalue weighted by Gasteiger charge is -2.44. The van der Waals surface area contributed by atoms with E-state index < -0.39 is 5.92 Å². The molecule has 4 rings (SSSR count). The van der Waals surface area contributed by atoms with Crippen molar-refractivity contribution in [3.8, 4) is 11.8 Å². The quantitative estimate of drug-likeness (QED) is 0.540. The number of amides is 1. The Morgan fingerprint density at radius 2 is 1.69 bits per heavy atom. The number of Topliss-reactive ketones (excluding diaryl/α,β-unsaturated/α-hetero) is 2. The predicted octanol–water partition coefficient (Wildman–Crippen LogP) is 3.35. The van der Waals surface area contributed by atoms with Crippen LogP contribution in [-0.4, -0.2) is 45.0 Å². The van der Waals surface area contributed by atoms with Crippen LogP contribution < -0.4 is 0 Å². The fraction of sp³-hybridized carbons (Fsp3) is 0.462. The number of hydrogen-bond acceptors (Lipinski definition) is 4. The molecule has 1 spiro atoms. The summed E-state index contributed by atoms with van der Waals surface area (Å²) in [4.78, 5) is 45.2. The van der Waals surface area contributed by atoms with Crippen molar-refractivity contribution in [3.05, 3.63) is 52.6 Å². The Kier molecular flexibility index (Phi) is 5.77. The van der Waals surface area contributed by atoms with E-state index in [-0.39, 0.29) is 22.9 Å². The Labute approximate surface area is 189 Å². The third kappa shape index (κ3) is 4.00. The highest BCUT2D eigenvalue weighted by Gasteiger charge is 2.48. The molecule has 1 saturated heterocycles. The normalized spacial score (nSPS) is 18.6. The van der Waals surface area contributed by atoms with Gasteiger partial charge in [0.05, 0.1) is 6.33 Å². The summed E-state index contributed by atoms with van der Waals surface area (Å²) >= 11 is 0. The number of likely N-dealkylation sites (tertiary alicyclic amines) is 1. The molecule has 2 fully saturated rings. The summed E-state index contributed by atoms with van der Waals surface area (Å²) < 4.78 is 1.75. The van der Waals surface area contributed by atoms with Crippen LogP contribution in [0.1, 0.15) is 71.3 Å². The zero-order valence-electron chi connectivity index (χ0n) is 19.2. The van der Waals surface area contributed by atoms with Gasteiger partial charge in [-0.25, -0.2) is 4.98 Å². The van der Waals surface area contributed by atoms with Crippen molar-refractivity contribution in [3.63, 3.8) is 0 Å². The third-order valence-electron chi connectivity index (χ3n) is 6.93. The van der Waals surface area contributed by atoms with E-state index in [1.54, 1.807) is 28.9 Å². The molecule has 0 atom stereocenters. The molecule has 1 aromatic heterocycles. The number of ketones is 2. The summed E-state index contributed by atoms with van der Waals surface area (Å²) in [5.74, 6) is 5.20. The second kappa shape index (κ2) is 8.38. The van der Waals surface area contributed by atoms with Crippen molar-refractivity contribution in [2.45, 2.75) is 52.4 Å². The number of aryl methyl sites for hydroxylation is 3. The maximum Gasteiger partial charge on any atom is 0.274 e. The number of carbonyl (C=O) groups excluding carboxylic acids is 3. The molecular weight excluding hydrogens is 402 g/mol. The molecule has 0 N–H and O–H groups in total. The number of hydrogen-bond donors (Lipinski definition) is 0. The first-order valence-corrected chi connectivity index (χ1v) is 11.1. The van der Waals surface area contributed by atoms with E-state index in [1.807, 2.05) is 33.0 Å². The van der Waals surface area contributed by atoms with Crippen LogP contribution in [0.15, 0.2) is 24.7 Å². The van der Waals surface area contributed by atoms with E-state index in [0.717, 1.165) is 22.3 Å². The van der Waals surface area contributed by atoms with E-state index in [9.17, 15) is 14.4 Å².